The molecule has 1 atom stereocenters. The van der Waals surface area contributed by atoms with Crippen LogP contribution in [0.4, 0.5) is 0 Å². The van der Waals surface area contributed by atoms with Crippen LogP contribution in [-0.2, 0) is 13.1 Å². The number of hydrogen-bond donors (Lipinski definition) is 1. The average Bonchev–Trinajstić information content (AvgIpc) is 3.18. The van der Waals surface area contributed by atoms with E-state index in [1.54, 1.807) is 7.11 Å². The molecule has 1 aliphatic rings. The number of nitrogens with zero attached hydrogens (tertiary/aromatic N) is 4. The zero-order valence-corrected chi connectivity index (χ0v) is 16.9. The van der Waals surface area contributed by atoms with Crippen molar-refractivity contribution in [2.45, 2.75) is 25.6 Å². The van der Waals surface area contributed by atoms with Gasteiger partial charge in [0, 0.05) is 45.4 Å². The number of benzene rings is 2. The maximum atomic E-state index is 9.58. The maximum Gasteiger partial charge on any atom is 0.119 e. The van der Waals surface area contributed by atoms with Crippen LogP contribution in [-0.4, -0.2) is 63.0 Å². The SMILES string of the molecule is COc1cccc(CN2CCN(Cc3ccc4nsnc4c3)C[C@H]2CCO)c1. The van der Waals surface area contributed by atoms with Crippen LogP contribution in [0.15, 0.2) is 42.5 Å². The van der Waals surface area contributed by atoms with Gasteiger partial charge in [-0.1, -0.05) is 18.2 Å². The number of hydrogen-bond acceptors (Lipinski definition) is 7. The van der Waals surface area contributed by atoms with Gasteiger partial charge >= 0.3 is 0 Å². The number of fused-ring (bicyclic) bond motifs is 1. The first-order chi connectivity index (χ1) is 13.7. The Morgan fingerprint density at radius 2 is 1.93 bits per heavy atom. The van der Waals surface area contributed by atoms with Crippen molar-refractivity contribution in [3.63, 3.8) is 0 Å². The predicted octanol–water partition coefficient (Wildman–Crippen LogP) is 2.77. The van der Waals surface area contributed by atoms with E-state index in [1.807, 2.05) is 12.1 Å². The van der Waals surface area contributed by atoms with E-state index in [0.717, 1.165) is 55.9 Å². The monoisotopic (exact) mass is 398 g/mol. The zero-order chi connectivity index (χ0) is 19.3. The summed E-state index contributed by atoms with van der Waals surface area (Å²) in [6, 6.07) is 14.9. The van der Waals surface area contributed by atoms with Crippen molar-refractivity contribution in [3.05, 3.63) is 53.6 Å². The lowest BCUT2D eigenvalue weighted by molar-refractivity contribution is 0.0499. The summed E-state index contributed by atoms with van der Waals surface area (Å²) < 4.78 is 14.0. The molecule has 148 valence electrons. The largest absolute Gasteiger partial charge is 0.497 e. The minimum absolute atomic E-state index is 0.212. The summed E-state index contributed by atoms with van der Waals surface area (Å²) in [7, 11) is 1.70. The molecule has 2 aromatic carbocycles. The van der Waals surface area contributed by atoms with Crippen molar-refractivity contribution in [2.24, 2.45) is 0 Å². The molecule has 0 radical (unpaired) electrons. The Labute approximate surface area is 169 Å². The standard InChI is InChI=1S/C21H26N4O2S/c1-27-19-4-2-3-16(11-19)14-25-9-8-24(15-18(25)7-10-26)13-17-5-6-20-21(12-17)23-28-22-20/h2-6,11-12,18,26H,7-10,13-15H2,1H3/t18-/m1/s1. The van der Waals surface area contributed by atoms with E-state index in [1.165, 1.54) is 22.9 Å². The molecule has 0 saturated carbocycles. The second-order valence-corrected chi connectivity index (χ2v) is 7.84. The molecular formula is C21H26N4O2S. The molecule has 1 fully saturated rings. The van der Waals surface area contributed by atoms with Gasteiger partial charge in [0.15, 0.2) is 0 Å². The van der Waals surface area contributed by atoms with Gasteiger partial charge in [-0.15, -0.1) is 0 Å². The molecule has 1 aromatic heterocycles. The Balaban J connectivity index is 1.41. The lowest BCUT2D eigenvalue weighted by Crippen LogP contribution is -2.52. The number of aliphatic hydroxyl groups is 1. The Hall–Kier alpha value is -2.06. The quantitative estimate of drug-likeness (QED) is 0.660. The molecule has 3 aromatic rings. The number of ether oxygens (including phenoxy) is 1. The second kappa shape index (κ2) is 8.96. The van der Waals surface area contributed by atoms with E-state index >= 15 is 0 Å². The third-order valence-corrected chi connectivity index (χ3v) is 5.95. The highest BCUT2D eigenvalue weighted by Gasteiger charge is 2.26. The van der Waals surface area contributed by atoms with Crippen molar-refractivity contribution >= 4 is 22.8 Å². The van der Waals surface area contributed by atoms with E-state index < -0.39 is 0 Å². The highest BCUT2D eigenvalue weighted by Crippen LogP contribution is 2.21. The molecule has 7 heteroatoms. The number of methoxy groups -OCH3 is 1. The van der Waals surface area contributed by atoms with Crippen molar-refractivity contribution in [2.75, 3.05) is 33.4 Å². The molecule has 0 amide bonds. The van der Waals surface area contributed by atoms with Gasteiger partial charge in [-0.3, -0.25) is 9.80 Å². The average molecular weight is 399 g/mol. The summed E-state index contributed by atoms with van der Waals surface area (Å²) in [5.74, 6) is 0.891. The van der Waals surface area contributed by atoms with E-state index in [0.29, 0.717) is 6.04 Å². The van der Waals surface area contributed by atoms with Crippen LogP contribution in [0.2, 0.25) is 0 Å². The topological polar surface area (TPSA) is 61.7 Å². The van der Waals surface area contributed by atoms with Crippen molar-refractivity contribution in [1.29, 1.82) is 0 Å². The fourth-order valence-corrected chi connectivity index (χ4v) is 4.44. The molecule has 1 saturated heterocycles. The summed E-state index contributed by atoms with van der Waals surface area (Å²) in [5, 5.41) is 9.58. The van der Waals surface area contributed by atoms with Crippen molar-refractivity contribution < 1.29 is 9.84 Å². The van der Waals surface area contributed by atoms with Crippen LogP contribution in [0.25, 0.3) is 11.0 Å². The van der Waals surface area contributed by atoms with E-state index in [4.69, 9.17) is 4.74 Å². The van der Waals surface area contributed by atoms with Gasteiger partial charge in [0.1, 0.15) is 16.8 Å². The Bertz CT molecular complexity index is 916. The number of aliphatic hydroxyl groups excluding tert-OH is 1. The van der Waals surface area contributed by atoms with Gasteiger partial charge < -0.3 is 9.84 Å². The molecule has 0 unspecified atom stereocenters. The highest BCUT2D eigenvalue weighted by atomic mass is 32.1. The molecule has 2 heterocycles. The van der Waals surface area contributed by atoms with Crippen molar-refractivity contribution in [3.8, 4) is 5.75 Å². The molecule has 1 N–H and O–H groups in total. The molecule has 0 bridgehead atoms. The van der Waals surface area contributed by atoms with Gasteiger partial charge in [0.25, 0.3) is 0 Å². The zero-order valence-electron chi connectivity index (χ0n) is 16.1. The third-order valence-electron chi connectivity index (χ3n) is 5.40. The first kappa shape index (κ1) is 19.3. The van der Waals surface area contributed by atoms with Crippen LogP contribution >= 0.6 is 11.7 Å². The van der Waals surface area contributed by atoms with Crippen LogP contribution in [0.3, 0.4) is 0 Å². The minimum Gasteiger partial charge on any atom is -0.497 e. The summed E-state index contributed by atoms with van der Waals surface area (Å²) in [5.41, 5.74) is 4.46. The minimum atomic E-state index is 0.212. The fraction of sp³-hybridized carbons (Fsp3) is 0.429. The normalized spacial score (nSPS) is 18.6. The lowest BCUT2D eigenvalue weighted by atomic mass is 10.1. The van der Waals surface area contributed by atoms with Crippen LogP contribution in [0, 0.1) is 0 Å². The van der Waals surface area contributed by atoms with E-state index in [2.05, 4.69) is 48.9 Å². The molecule has 4 rings (SSSR count). The number of rotatable bonds is 7. The van der Waals surface area contributed by atoms with Gasteiger partial charge in [0.05, 0.1) is 18.8 Å². The first-order valence-corrected chi connectivity index (χ1v) is 10.4. The summed E-state index contributed by atoms with van der Waals surface area (Å²) >= 11 is 1.26. The second-order valence-electron chi connectivity index (χ2n) is 7.31. The molecular weight excluding hydrogens is 372 g/mol. The summed E-state index contributed by atoms with van der Waals surface area (Å²) in [6.07, 6.45) is 0.787. The fourth-order valence-electron chi connectivity index (χ4n) is 3.92. The molecule has 0 aliphatic carbocycles. The summed E-state index contributed by atoms with van der Waals surface area (Å²) in [6.45, 7) is 4.96. The Morgan fingerprint density at radius 1 is 1.07 bits per heavy atom. The van der Waals surface area contributed by atoms with E-state index in [9.17, 15) is 5.11 Å². The Morgan fingerprint density at radius 3 is 2.79 bits per heavy atom. The summed E-state index contributed by atoms with van der Waals surface area (Å²) in [4.78, 5) is 4.96. The lowest BCUT2D eigenvalue weighted by Gasteiger charge is -2.41. The molecule has 28 heavy (non-hydrogen) atoms. The van der Waals surface area contributed by atoms with Crippen LogP contribution < -0.4 is 4.74 Å². The predicted molar refractivity (Wildman–Crippen MR) is 112 cm³/mol. The third kappa shape index (κ3) is 4.50. The van der Waals surface area contributed by atoms with Gasteiger partial charge in [-0.05, 0) is 41.8 Å². The number of piperazine rings is 1. The molecule has 6 nitrogen and oxygen atoms in total. The molecule has 0 spiro atoms. The van der Waals surface area contributed by atoms with Gasteiger partial charge in [0.2, 0.25) is 0 Å². The maximum absolute atomic E-state index is 9.58. The smallest absolute Gasteiger partial charge is 0.119 e. The van der Waals surface area contributed by atoms with Gasteiger partial charge in [-0.2, -0.15) is 8.75 Å². The number of aromatic nitrogens is 2. The first-order valence-electron chi connectivity index (χ1n) is 9.66. The highest BCUT2D eigenvalue weighted by molar-refractivity contribution is 7.00. The van der Waals surface area contributed by atoms with Crippen LogP contribution in [0.1, 0.15) is 17.5 Å². The van der Waals surface area contributed by atoms with Gasteiger partial charge in [-0.25, -0.2) is 0 Å². The van der Waals surface area contributed by atoms with Crippen molar-refractivity contribution in [1.82, 2.24) is 18.5 Å². The molecule has 1 aliphatic heterocycles. The van der Waals surface area contributed by atoms with E-state index in [-0.39, 0.29) is 6.61 Å². The van der Waals surface area contributed by atoms with Crippen LogP contribution in [0.5, 0.6) is 5.75 Å². The Kier molecular flexibility index (Phi) is 6.17.